The summed E-state index contributed by atoms with van der Waals surface area (Å²) in [7, 11) is 0. The monoisotopic (exact) mass is 275 g/mol. The van der Waals surface area contributed by atoms with Crippen LogP contribution >= 0.6 is 0 Å². The Labute approximate surface area is 121 Å². The molecule has 0 bridgehead atoms. The summed E-state index contributed by atoms with van der Waals surface area (Å²) in [5, 5.41) is 11.8. The maximum Gasteiger partial charge on any atom is 0.244 e. The van der Waals surface area contributed by atoms with Crippen molar-refractivity contribution in [3.05, 3.63) is 41.5 Å². The summed E-state index contributed by atoms with van der Waals surface area (Å²) in [6, 6.07) is 8.18. The summed E-state index contributed by atoms with van der Waals surface area (Å²) < 4.78 is 0. The van der Waals surface area contributed by atoms with E-state index < -0.39 is 0 Å². The van der Waals surface area contributed by atoms with Gasteiger partial charge in [-0.25, -0.2) is 0 Å². The van der Waals surface area contributed by atoms with Crippen LogP contribution in [0.1, 0.15) is 37.8 Å². The summed E-state index contributed by atoms with van der Waals surface area (Å²) in [6.07, 6.45) is 6.10. The first-order chi connectivity index (χ1) is 9.69. The first-order valence-corrected chi connectivity index (χ1v) is 7.35. The highest BCUT2D eigenvalue weighted by Crippen LogP contribution is 2.07. The Kier molecular flexibility index (Phi) is 7.66. The van der Waals surface area contributed by atoms with Crippen molar-refractivity contribution in [3.8, 4) is 0 Å². The van der Waals surface area contributed by atoms with Crippen molar-refractivity contribution in [1.82, 2.24) is 5.32 Å². The minimum Gasteiger partial charge on any atom is -0.396 e. The van der Waals surface area contributed by atoms with Crippen LogP contribution < -0.4 is 5.32 Å². The molecule has 0 aliphatic carbocycles. The molecule has 1 unspecified atom stereocenters. The van der Waals surface area contributed by atoms with E-state index >= 15 is 0 Å². The van der Waals surface area contributed by atoms with Gasteiger partial charge >= 0.3 is 0 Å². The fraction of sp³-hybridized carbons (Fsp3) is 0.471. The number of aliphatic hydroxyl groups excluding tert-OH is 1. The first kappa shape index (κ1) is 16.4. The van der Waals surface area contributed by atoms with Crippen LogP contribution in [0.5, 0.6) is 0 Å². The van der Waals surface area contributed by atoms with Gasteiger partial charge in [0.25, 0.3) is 0 Å². The van der Waals surface area contributed by atoms with Crippen molar-refractivity contribution in [2.45, 2.75) is 33.1 Å². The quantitative estimate of drug-likeness (QED) is 0.717. The topological polar surface area (TPSA) is 49.3 Å². The second-order valence-electron chi connectivity index (χ2n) is 4.96. The van der Waals surface area contributed by atoms with E-state index in [0.29, 0.717) is 12.5 Å². The third-order valence-electron chi connectivity index (χ3n) is 3.49. The first-order valence-electron chi connectivity index (χ1n) is 7.35. The molecule has 1 rings (SSSR count). The molecule has 0 aliphatic rings. The van der Waals surface area contributed by atoms with E-state index in [0.717, 1.165) is 24.8 Å². The van der Waals surface area contributed by atoms with Crippen LogP contribution in [0.2, 0.25) is 0 Å². The van der Waals surface area contributed by atoms with Gasteiger partial charge in [-0.15, -0.1) is 0 Å². The molecule has 1 atom stereocenters. The SMILES string of the molecule is CCc1ccc(/C=C/C(=O)NCC(CC)CCO)cc1. The lowest BCUT2D eigenvalue weighted by molar-refractivity contribution is -0.116. The van der Waals surface area contributed by atoms with Crippen molar-refractivity contribution in [2.75, 3.05) is 13.2 Å². The lowest BCUT2D eigenvalue weighted by Crippen LogP contribution is -2.28. The molecule has 0 spiro atoms. The molecule has 0 saturated heterocycles. The Bertz CT molecular complexity index is 423. The molecule has 0 heterocycles. The summed E-state index contributed by atoms with van der Waals surface area (Å²) in [5.74, 6) is 0.266. The number of nitrogens with one attached hydrogen (secondary N) is 1. The van der Waals surface area contributed by atoms with Crippen LogP contribution in [0.15, 0.2) is 30.3 Å². The molecule has 1 amide bonds. The second kappa shape index (κ2) is 9.32. The number of rotatable bonds is 8. The van der Waals surface area contributed by atoms with Crippen LogP contribution in [0.25, 0.3) is 6.08 Å². The summed E-state index contributed by atoms with van der Waals surface area (Å²) in [4.78, 5) is 11.7. The van der Waals surface area contributed by atoms with E-state index in [4.69, 9.17) is 5.11 Å². The zero-order valence-corrected chi connectivity index (χ0v) is 12.4. The van der Waals surface area contributed by atoms with Crippen molar-refractivity contribution in [2.24, 2.45) is 5.92 Å². The number of aryl methyl sites for hydroxylation is 1. The number of carbonyl (C=O) groups excluding carboxylic acids is 1. The molecule has 20 heavy (non-hydrogen) atoms. The van der Waals surface area contributed by atoms with Gasteiger partial charge < -0.3 is 10.4 Å². The minimum atomic E-state index is -0.0824. The Morgan fingerprint density at radius 2 is 2.00 bits per heavy atom. The number of aliphatic hydroxyl groups is 1. The molecule has 0 aromatic heterocycles. The molecule has 0 aliphatic heterocycles. The van der Waals surface area contributed by atoms with Gasteiger partial charge in [0.2, 0.25) is 5.91 Å². The van der Waals surface area contributed by atoms with Crippen molar-refractivity contribution >= 4 is 12.0 Å². The van der Waals surface area contributed by atoms with Crippen LogP contribution in [0, 0.1) is 5.92 Å². The standard InChI is InChI=1S/C17H25NO2/c1-3-14-5-7-16(8-6-14)9-10-17(20)18-13-15(4-2)11-12-19/h5-10,15,19H,3-4,11-13H2,1-2H3,(H,18,20)/b10-9+. The molecule has 3 heteroatoms. The summed E-state index contributed by atoms with van der Waals surface area (Å²) in [5.41, 5.74) is 2.32. The van der Waals surface area contributed by atoms with Gasteiger partial charge in [-0.1, -0.05) is 44.5 Å². The third kappa shape index (κ3) is 6.02. The number of hydrogen-bond acceptors (Lipinski definition) is 2. The highest BCUT2D eigenvalue weighted by atomic mass is 16.3. The molecule has 0 radical (unpaired) electrons. The van der Waals surface area contributed by atoms with Crippen LogP contribution in [0.4, 0.5) is 0 Å². The molecule has 0 fully saturated rings. The van der Waals surface area contributed by atoms with Gasteiger partial charge in [-0.3, -0.25) is 4.79 Å². The molecule has 2 N–H and O–H groups in total. The Balaban J connectivity index is 2.42. The Morgan fingerprint density at radius 1 is 1.30 bits per heavy atom. The molecular formula is C17H25NO2. The molecule has 1 aromatic carbocycles. The summed E-state index contributed by atoms with van der Waals surface area (Å²) >= 11 is 0. The molecule has 0 saturated carbocycles. The van der Waals surface area contributed by atoms with Crippen LogP contribution in [-0.4, -0.2) is 24.2 Å². The van der Waals surface area contributed by atoms with Crippen molar-refractivity contribution < 1.29 is 9.90 Å². The number of amides is 1. The highest BCUT2D eigenvalue weighted by molar-refractivity contribution is 5.91. The summed E-state index contributed by atoms with van der Waals surface area (Å²) in [6.45, 7) is 4.98. The van der Waals surface area contributed by atoms with Crippen LogP contribution in [0.3, 0.4) is 0 Å². The predicted molar refractivity (Wildman–Crippen MR) is 83.3 cm³/mol. The fourth-order valence-electron chi connectivity index (χ4n) is 1.97. The smallest absolute Gasteiger partial charge is 0.244 e. The van der Waals surface area contributed by atoms with E-state index in [2.05, 4.69) is 31.3 Å². The zero-order chi connectivity index (χ0) is 14.8. The van der Waals surface area contributed by atoms with E-state index in [1.165, 1.54) is 5.56 Å². The van der Waals surface area contributed by atoms with Gasteiger partial charge in [-0.05, 0) is 36.0 Å². The molecule has 1 aromatic rings. The number of hydrogen-bond donors (Lipinski definition) is 2. The van der Waals surface area contributed by atoms with E-state index in [-0.39, 0.29) is 12.5 Å². The zero-order valence-electron chi connectivity index (χ0n) is 12.4. The lowest BCUT2D eigenvalue weighted by Gasteiger charge is -2.13. The Morgan fingerprint density at radius 3 is 2.55 bits per heavy atom. The Hall–Kier alpha value is -1.61. The average Bonchev–Trinajstić information content (AvgIpc) is 2.49. The van der Waals surface area contributed by atoms with E-state index in [1.807, 2.05) is 18.2 Å². The molecular weight excluding hydrogens is 250 g/mol. The number of carbonyl (C=O) groups is 1. The van der Waals surface area contributed by atoms with Gasteiger partial charge in [0.15, 0.2) is 0 Å². The van der Waals surface area contributed by atoms with Gasteiger partial charge in [0.05, 0.1) is 0 Å². The van der Waals surface area contributed by atoms with E-state index in [9.17, 15) is 4.79 Å². The maximum absolute atomic E-state index is 11.7. The van der Waals surface area contributed by atoms with Gasteiger partial charge in [-0.2, -0.15) is 0 Å². The van der Waals surface area contributed by atoms with E-state index in [1.54, 1.807) is 6.08 Å². The number of benzene rings is 1. The van der Waals surface area contributed by atoms with Gasteiger partial charge in [0.1, 0.15) is 0 Å². The lowest BCUT2D eigenvalue weighted by atomic mass is 10.0. The highest BCUT2D eigenvalue weighted by Gasteiger charge is 2.06. The van der Waals surface area contributed by atoms with Crippen molar-refractivity contribution in [1.29, 1.82) is 0 Å². The molecule has 3 nitrogen and oxygen atoms in total. The van der Waals surface area contributed by atoms with Crippen LogP contribution in [-0.2, 0) is 11.2 Å². The molecule has 110 valence electrons. The third-order valence-corrected chi connectivity index (χ3v) is 3.49. The van der Waals surface area contributed by atoms with Crippen molar-refractivity contribution in [3.63, 3.8) is 0 Å². The maximum atomic E-state index is 11.7. The minimum absolute atomic E-state index is 0.0824. The normalized spacial score (nSPS) is 12.6. The largest absolute Gasteiger partial charge is 0.396 e. The second-order valence-corrected chi connectivity index (χ2v) is 4.96. The predicted octanol–water partition coefficient (Wildman–Crippen LogP) is 2.79. The van der Waals surface area contributed by atoms with Gasteiger partial charge in [0, 0.05) is 19.2 Å². The average molecular weight is 275 g/mol. The fourth-order valence-corrected chi connectivity index (χ4v) is 1.97.